The first-order valence-electron chi connectivity index (χ1n) is 5.49. The number of hydrogen-bond acceptors (Lipinski definition) is 3. The molecule has 1 aromatic carbocycles. The van der Waals surface area contributed by atoms with Crippen LogP contribution in [0.4, 0.5) is 5.82 Å². The third-order valence-corrected chi connectivity index (χ3v) is 3.38. The largest absolute Gasteiger partial charge is 0.384 e. The molecule has 2 heterocycles. The highest BCUT2D eigenvalue weighted by atomic mass is 79.9. The molecular formula is C13H11BrN4. The second-order valence-corrected chi connectivity index (χ2v) is 5.01. The van der Waals surface area contributed by atoms with Crippen molar-refractivity contribution in [3.8, 4) is 11.4 Å². The van der Waals surface area contributed by atoms with Gasteiger partial charge in [0.05, 0.1) is 11.0 Å². The lowest BCUT2D eigenvalue weighted by Gasteiger charge is -2.02. The molecule has 0 fully saturated rings. The highest BCUT2D eigenvalue weighted by molar-refractivity contribution is 9.10. The average molecular weight is 303 g/mol. The second-order valence-electron chi connectivity index (χ2n) is 4.10. The number of pyridine rings is 1. The molecule has 0 aliphatic heterocycles. The van der Waals surface area contributed by atoms with E-state index in [1.54, 1.807) is 12.3 Å². The van der Waals surface area contributed by atoms with Gasteiger partial charge < -0.3 is 10.3 Å². The van der Waals surface area contributed by atoms with E-state index in [1.807, 2.05) is 31.3 Å². The third kappa shape index (κ3) is 1.76. The number of anilines is 1. The fraction of sp³-hybridized carbons (Fsp3) is 0.0769. The van der Waals surface area contributed by atoms with Gasteiger partial charge >= 0.3 is 0 Å². The Morgan fingerprint density at radius 3 is 2.78 bits per heavy atom. The van der Waals surface area contributed by atoms with Gasteiger partial charge in [-0.15, -0.1) is 0 Å². The molecule has 18 heavy (non-hydrogen) atoms. The summed E-state index contributed by atoms with van der Waals surface area (Å²) < 4.78 is 3.07. The average Bonchev–Trinajstić information content (AvgIpc) is 2.67. The first-order valence-corrected chi connectivity index (χ1v) is 6.28. The number of nitrogens with zero attached hydrogens (tertiary/aromatic N) is 3. The molecule has 0 radical (unpaired) electrons. The third-order valence-electron chi connectivity index (χ3n) is 2.89. The summed E-state index contributed by atoms with van der Waals surface area (Å²) in [6, 6.07) is 9.77. The zero-order chi connectivity index (χ0) is 12.7. The highest BCUT2D eigenvalue weighted by Crippen LogP contribution is 2.25. The Kier molecular flexibility index (Phi) is 2.56. The Bertz CT molecular complexity index is 716. The Balaban J connectivity index is 2.23. The van der Waals surface area contributed by atoms with Gasteiger partial charge in [0.2, 0.25) is 0 Å². The predicted octanol–water partition coefficient (Wildman–Crippen LogP) is 2.98. The van der Waals surface area contributed by atoms with E-state index in [1.165, 1.54) is 0 Å². The maximum Gasteiger partial charge on any atom is 0.142 e. The Hall–Kier alpha value is -1.88. The fourth-order valence-corrected chi connectivity index (χ4v) is 2.32. The van der Waals surface area contributed by atoms with Crippen LogP contribution in [0, 0.1) is 0 Å². The summed E-state index contributed by atoms with van der Waals surface area (Å²) in [5.41, 5.74) is 8.60. The lowest BCUT2D eigenvalue weighted by atomic mass is 10.2. The summed E-state index contributed by atoms with van der Waals surface area (Å²) >= 11 is 3.45. The Labute approximate surface area is 113 Å². The molecule has 4 nitrogen and oxygen atoms in total. The predicted molar refractivity (Wildman–Crippen MR) is 76.1 cm³/mol. The molecule has 90 valence electrons. The van der Waals surface area contributed by atoms with E-state index in [0.717, 1.165) is 26.9 Å². The van der Waals surface area contributed by atoms with Gasteiger partial charge in [-0.1, -0.05) is 15.9 Å². The van der Waals surface area contributed by atoms with E-state index >= 15 is 0 Å². The lowest BCUT2D eigenvalue weighted by molar-refractivity contribution is 0.958. The van der Waals surface area contributed by atoms with E-state index in [-0.39, 0.29) is 0 Å². The SMILES string of the molecule is Cn1c(-c2ccc(N)nc2)nc2cc(Br)ccc21. The van der Waals surface area contributed by atoms with Crippen molar-refractivity contribution in [3.63, 3.8) is 0 Å². The number of aromatic nitrogens is 3. The quantitative estimate of drug-likeness (QED) is 0.752. The van der Waals surface area contributed by atoms with Crippen LogP contribution in [0.25, 0.3) is 22.4 Å². The molecule has 0 atom stereocenters. The van der Waals surface area contributed by atoms with Gasteiger partial charge in [0.25, 0.3) is 0 Å². The van der Waals surface area contributed by atoms with Crippen molar-refractivity contribution in [2.45, 2.75) is 0 Å². The van der Waals surface area contributed by atoms with Gasteiger partial charge in [0.15, 0.2) is 0 Å². The topological polar surface area (TPSA) is 56.7 Å². The normalized spacial score (nSPS) is 11.0. The summed E-state index contributed by atoms with van der Waals surface area (Å²) in [6.45, 7) is 0. The smallest absolute Gasteiger partial charge is 0.142 e. The van der Waals surface area contributed by atoms with Gasteiger partial charge in [0.1, 0.15) is 11.6 Å². The van der Waals surface area contributed by atoms with Gasteiger partial charge in [-0.25, -0.2) is 9.97 Å². The van der Waals surface area contributed by atoms with E-state index < -0.39 is 0 Å². The van der Waals surface area contributed by atoms with E-state index in [9.17, 15) is 0 Å². The molecular weight excluding hydrogens is 292 g/mol. The summed E-state index contributed by atoms with van der Waals surface area (Å²) in [4.78, 5) is 8.72. The van der Waals surface area contributed by atoms with Gasteiger partial charge in [-0.3, -0.25) is 0 Å². The summed E-state index contributed by atoms with van der Waals surface area (Å²) in [5, 5.41) is 0. The van der Waals surface area contributed by atoms with Crippen molar-refractivity contribution >= 4 is 32.8 Å². The Morgan fingerprint density at radius 2 is 2.06 bits per heavy atom. The number of halogens is 1. The molecule has 0 aliphatic rings. The summed E-state index contributed by atoms with van der Waals surface area (Å²) in [5.74, 6) is 1.40. The molecule has 2 N–H and O–H groups in total. The van der Waals surface area contributed by atoms with Crippen molar-refractivity contribution in [2.75, 3.05) is 5.73 Å². The van der Waals surface area contributed by atoms with Gasteiger partial charge in [-0.2, -0.15) is 0 Å². The van der Waals surface area contributed by atoms with Crippen molar-refractivity contribution in [3.05, 3.63) is 41.0 Å². The van der Waals surface area contributed by atoms with Crippen LogP contribution in [0.2, 0.25) is 0 Å². The van der Waals surface area contributed by atoms with Crippen molar-refractivity contribution in [1.82, 2.24) is 14.5 Å². The summed E-state index contributed by atoms with van der Waals surface area (Å²) in [6.07, 6.45) is 1.74. The van der Waals surface area contributed by atoms with E-state index in [2.05, 4.69) is 30.5 Å². The first kappa shape index (κ1) is 11.2. The van der Waals surface area contributed by atoms with Crippen molar-refractivity contribution < 1.29 is 0 Å². The number of nitrogen functional groups attached to an aromatic ring is 1. The van der Waals surface area contributed by atoms with Crippen LogP contribution >= 0.6 is 15.9 Å². The minimum Gasteiger partial charge on any atom is -0.384 e. The maximum absolute atomic E-state index is 5.59. The number of aryl methyl sites for hydroxylation is 1. The van der Waals surface area contributed by atoms with Crippen LogP contribution < -0.4 is 5.73 Å². The monoisotopic (exact) mass is 302 g/mol. The molecule has 2 aromatic heterocycles. The van der Waals surface area contributed by atoms with Crippen LogP contribution in [0.3, 0.4) is 0 Å². The maximum atomic E-state index is 5.59. The zero-order valence-corrected chi connectivity index (χ0v) is 11.3. The molecule has 3 aromatic rings. The molecule has 0 bridgehead atoms. The lowest BCUT2D eigenvalue weighted by Crippen LogP contribution is -1.94. The fourth-order valence-electron chi connectivity index (χ4n) is 1.97. The number of rotatable bonds is 1. The van der Waals surface area contributed by atoms with Gasteiger partial charge in [0, 0.05) is 23.3 Å². The molecule has 0 saturated carbocycles. The molecule has 0 spiro atoms. The minimum atomic E-state index is 0.514. The second kappa shape index (κ2) is 4.10. The van der Waals surface area contributed by atoms with Crippen molar-refractivity contribution in [2.24, 2.45) is 7.05 Å². The number of nitrogens with two attached hydrogens (primary N) is 1. The zero-order valence-electron chi connectivity index (χ0n) is 9.76. The highest BCUT2D eigenvalue weighted by Gasteiger charge is 2.10. The summed E-state index contributed by atoms with van der Waals surface area (Å²) in [7, 11) is 1.99. The van der Waals surface area contributed by atoms with Crippen LogP contribution in [-0.2, 0) is 7.05 Å². The minimum absolute atomic E-state index is 0.514. The molecule has 0 unspecified atom stereocenters. The molecule has 3 rings (SSSR count). The Morgan fingerprint density at radius 1 is 1.22 bits per heavy atom. The molecule has 0 aliphatic carbocycles. The van der Waals surface area contributed by atoms with Gasteiger partial charge in [-0.05, 0) is 30.3 Å². The van der Waals surface area contributed by atoms with Crippen LogP contribution in [0.5, 0.6) is 0 Å². The molecule has 0 saturated heterocycles. The standard InChI is InChI=1S/C13H11BrN4/c1-18-11-4-3-9(14)6-10(11)17-13(18)8-2-5-12(15)16-7-8/h2-7H,1H3,(H2,15,16). The number of imidazole rings is 1. The number of fused-ring (bicyclic) bond motifs is 1. The molecule has 5 heteroatoms. The van der Waals surface area contributed by atoms with Crippen LogP contribution in [0.1, 0.15) is 0 Å². The van der Waals surface area contributed by atoms with Crippen molar-refractivity contribution in [1.29, 1.82) is 0 Å². The molecule has 0 amide bonds. The van der Waals surface area contributed by atoms with Crippen LogP contribution in [-0.4, -0.2) is 14.5 Å². The first-order chi connectivity index (χ1) is 8.65. The van der Waals surface area contributed by atoms with Crippen LogP contribution in [0.15, 0.2) is 41.0 Å². The number of benzene rings is 1. The van der Waals surface area contributed by atoms with E-state index in [0.29, 0.717) is 5.82 Å². The number of hydrogen-bond donors (Lipinski definition) is 1. The van der Waals surface area contributed by atoms with E-state index in [4.69, 9.17) is 5.73 Å².